The van der Waals surface area contributed by atoms with E-state index in [0.29, 0.717) is 12.4 Å². The molecule has 0 spiro atoms. The van der Waals surface area contributed by atoms with Gasteiger partial charge in [0.15, 0.2) is 5.82 Å². The van der Waals surface area contributed by atoms with Gasteiger partial charge in [-0.15, -0.1) is 0 Å². The van der Waals surface area contributed by atoms with Crippen LogP contribution in [0.3, 0.4) is 0 Å². The Morgan fingerprint density at radius 2 is 2.11 bits per heavy atom. The number of hydrogen-bond acceptors (Lipinski definition) is 4. The molecule has 0 saturated heterocycles. The van der Waals surface area contributed by atoms with E-state index in [2.05, 4.69) is 25.8 Å². The fourth-order valence-electron chi connectivity index (χ4n) is 1.72. The molecule has 0 fully saturated rings. The van der Waals surface area contributed by atoms with Gasteiger partial charge in [0, 0.05) is 23.7 Å². The van der Waals surface area contributed by atoms with Crippen molar-refractivity contribution >= 4 is 11.6 Å². The van der Waals surface area contributed by atoms with E-state index < -0.39 is 0 Å². The van der Waals surface area contributed by atoms with Gasteiger partial charge in [0.1, 0.15) is 6.33 Å². The third-order valence-electron chi connectivity index (χ3n) is 2.80. The number of carbonyl (C=O) groups is 1. The highest BCUT2D eigenvalue weighted by atomic mass is 16.1. The van der Waals surface area contributed by atoms with Crippen molar-refractivity contribution in [2.75, 3.05) is 18.9 Å². The number of nitrogens with one attached hydrogen (secondary N) is 3. The molecule has 1 aromatic heterocycles. The third kappa shape index (κ3) is 3.38. The van der Waals surface area contributed by atoms with Gasteiger partial charge >= 0.3 is 0 Å². The number of aromatic amines is 1. The molecule has 1 aromatic carbocycles. The van der Waals surface area contributed by atoms with Gasteiger partial charge in [-0.25, -0.2) is 4.98 Å². The van der Waals surface area contributed by atoms with Crippen LogP contribution in [-0.2, 0) is 4.79 Å². The molecule has 0 aliphatic heterocycles. The first-order valence-corrected chi connectivity index (χ1v) is 6.12. The number of H-pyrrole nitrogens is 1. The summed E-state index contributed by atoms with van der Waals surface area (Å²) in [5, 5.41) is 12.4. The van der Waals surface area contributed by atoms with Crippen molar-refractivity contribution in [3.05, 3.63) is 30.6 Å². The Labute approximate surface area is 111 Å². The number of nitrogens with zero attached hydrogens (tertiary/aromatic N) is 2. The topological polar surface area (TPSA) is 82.7 Å². The fraction of sp³-hybridized carbons (Fsp3) is 0.308. The van der Waals surface area contributed by atoms with Crippen molar-refractivity contribution in [1.29, 1.82) is 0 Å². The summed E-state index contributed by atoms with van der Waals surface area (Å²) < 4.78 is 0. The number of benzene rings is 1. The Balaban J connectivity index is 2.01. The molecule has 6 heteroatoms. The quantitative estimate of drug-likeness (QED) is 0.755. The second kappa shape index (κ2) is 6.10. The maximum absolute atomic E-state index is 11.8. The van der Waals surface area contributed by atoms with Gasteiger partial charge in [0.25, 0.3) is 0 Å². The number of amides is 1. The van der Waals surface area contributed by atoms with Crippen LogP contribution < -0.4 is 10.6 Å². The molecule has 0 aliphatic rings. The number of hydrogen-bond donors (Lipinski definition) is 3. The minimum absolute atomic E-state index is 0.00163. The number of aromatic nitrogens is 3. The minimum Gasteiger partial charge on any atom is -0.326 e. The molecule has 1 unspecified atom stereocenters. The third-order valence-corrected chi connectivity index (χ3v) is 2.80. The first-order chi connectivity index (χ1) is 9.20. The lowest BCUT2D eigenvalue weighted by Gasteiger charge is -2.11. The second-order valence-corrected chi connectivity index (χ2v) is 4.36. The lowest BCUT2D eigenvalue weighted by atomic mass is 10.1. The highest BCUT2D eigenvalue weighted by Crippen LogP contribution is 2.17. The summed E-state index contributed by atoms with van der Waals surface area (Å²) in [6.45, 7) is 2.54. The van der Waals surface area contributed by atoms with Crippen molar-refractivity contribution in [2.45, 2.75) is 6.92 Å². The lowest BCUT2D eigenvalue weighted by molar-refractivity contribution is -0.119. The van der Waals surface area contributed by atoms with Gasteiger partial charge in [-0.05, 0) is 31.3 Å². The summed E-state index contributed by atoms with van der Waals surface area (Å²) in [5.74, 6) is 0.641. The Bertz CT molecular complexity index is 520. The summed E-state index contributed by atoms with van der Waals surface area (Å²) in [6, 6.07) is 7.47. The van der Waals surface area contributed by atoms with Crippen molar-refractivity contribution in [3.8, 4) is 11.4 Å². The van der Waals surface area contributed by atoms with Crippen LogP contribution in [0.25, 0.3) is 11.4 Å². The molecule has 1 heterocycles. The number of carbonyl (C=O) groups excluding carboxylic acids is 1. The highest BCUT2D eigenvalue weighted by molar-refractivity contribution is 5.92. The Kier molecular flexibility index (Phi) is 4.25. The van der Waals surface area contributed by atoms with Crippen molar-refractivity contribution in [2.24, 2.45) is 5.92 Å². The number of rotatable bonds is 5. The van der Waals surface area contributed by atoms with Crippen LogP contribution in [0.5, 0.6) is 0 Å². The van der Waals surface area contributed by atoms with Gasteiger partial charge in [-0.3, -0.25) is 9.89 Å². The maximum Gasteiger partial charge on any atom is 0.228 e. The first kappa shape index (κ1) is 13.2. The van der Waals surface area contributed by atoms with Crippen LogP contribution >= 0.6 is 0 Å². The molecular weight excluding hydrogens is 242 g/mol. The largest absolute Gasteiger partial charge is 0.326 e. The summed E-state index contributed by atoms with van der Waals surface area (Å²) in [4.78, 5) is 15.9. The van der Waals surface area contributed by atoms with E-state index in [4.69, 9.17) is 0 Å². The molecule has 2 aromatic rings. The Morgan fingerprint density at radius 1 is 1.37 bits per heavy atom. The summed E-state index contributed by atoms with van der Waals surface area (Å²) in [6.07, 6.45) is 1.46. The average Bonchev–Trinajstić information content (AvgIpc) is 2.94. The van der Waals surface area contributed by atoms with Crippen molar-refractivity contribution in [1.82, 2.24) is 20.5 Å². The molecule has 19 heavy (non-hydrogen) atoms. The van der Waals surface area contributed by atoms with E-state index in [0.717, 1.165) is 11.3 Å². The molecular formula is C13H17N5O. The zero-order chi connectivity index (χ0) is 13.7. The van der Waals surface area contributed by atoms with Gasteiger partial charge in [-0.1, -0.05) is 6.92 Å². The van der Waals surface area contributed by atoms with E-state index in [1.54, 1.807) is 0 Å². The van der Waals surface area contributed by atoms with Gasteiger partial charge in [0.05, 0.1) is 0 Å². The number of anilines is 1. The summed E-state index contributed by atoms with van der Waals surface area (Å²) >= 11 is 0. The van der Waals surface area contributed by atoms with Gasteiger partial charge in [0.2, 0.25) is 5.91 Å². The smallest absolute Gasteiger partial charge is 0.228 e. The molecule has 100 valence electrons. The van der Waals surface area contributed by atoms with Crippen molar-refractivity contribution < 1.29 is 4.79 Å². The van der Waals surface area contributed by atoms with Gasteiger partial charge in [-0.2, -0.15) is 5.10 Å². The molecule has 0 bridgehead atoms. The van der Waals surface area contributed by atoms with E-state index >= 15 is 0 Å². The van der Waals surface area contributed by atoms with Crippen LogP contribution in [0.15, 0.2) is 30.6 Å². The van der Waals surface area contributed by atoms with Crippen LogP contribution in [0.4, 0.5) is 5.69 Å². The van der Waals surface area contributed by atoms with Crippen LogP contribution in [-0.4, -0.2) is 34.7 Å². The van der Waals surface area contributed by atoms with Gasteiger partial charge < -0.3 is 10.6 Å². The SMILES string of the molecule is CNCC(C)C(=O)Nc1ccc(-c2ncn[nH]2)cc1. The molecule has 6 nitrogen and oxygen atoms in total. The highest BCUT2D eigenvalue weighted by Gasteiger charge is 2.11. The molecule has 3 N–H and O–H groups in total. The molecule has 1 amide bonds. The standard InChI is InChI=1S/C13H17N5O/c1-9(7-14-2)13(19)17-11-5-3-10(4-6-11)12-15-8-16-18-12/h3-6,8-9,14H,7H2,1-2H3,(H,17,19)(H,15,16,18). The minimum atomic E-state index is -0.0704. The summed E-state index contributed by atoms with van der Waals surface area (Å²) in [5.41, 5.74) is 1.70. The maximum atomic E-state index is 11.8. The predicted molar refractivity (Wildman–Crippen MR) is 73.5 cm³/mol. The van der Waals surface area contributed by atoms with Crippen LogP contribution in [0.1, 0.15) is 6.92 Å². The molecule has 0 radical (unpaired) electrons. The lowest BCUT2D eigenvalue weighted by Crippen LogP contribution is -2.28. The monoisotopic (exact) mass is 259 g/mol. The van der Waals surface area contributed by atoms with E-state index in [-0.39, 0.29) is 11.8 Å². The molecule has 1 atom stereocenters. The average molecular weight is 259 g/mol. The first-order valence-electron chi connectivity index (χ1n) is 6.12. The fourth-order valence-corrected chi connectivity index (χ4v) is 1.72. The second-order valence-electron chi connectivity index (χ2n) is 4.36. The predicted octanol–water partition coefficient (Wildman–Crippen LogP) is 1.27. The Hall–Kier alpha value is -2.21. The Morgan fingerprint density at radius 3 is 2.68 bits per heavy atom. The zero-order valence-corrected chi connectivity index (χ0v) is 11.0. The molecule has 0 saturated carbocycles. The van der Waals surface area contributed by atoms with Crippen LogP contribution in [0.2, 0.25) is 0 Å². The molecule has 0 aliphatic carbocycles. The van der Waals surface area contributed by atoms with Crippen LogP contribution in [0, 0.1) is 5.92 Å². The van der Waals surface area contributed by atoms with E-state index in [1.165, 1.54) is 6.33 Å². The summed E-state index contributed by atoms with van der Waals surface area (Å²) in [7, 11) is 1.83. The van der Waals surface area contributed by atoms with E-state index in [9.17, 15) is 4.79 Å². The van der Waals surface area contributed by atoms with Crippen molar-refractivity contribution in [3.63, 3.8) is 0 Å². The van der Waals surface area contributed by atoms with E-state index in [1.807, 2.05) is 38.2 Å². The molecule has 2 rings (SSSR count). The zero-order valence-electron chi connectivity index (χ0n) is 11.0. The normalized spacial score (nSPS) is 12.1.